The van der Waals surface area contributed by atoms with Crippen LogP contribution in [0.5, 0.6) is 0 Å². The summed E-state index contributed by atoms with van der Waals surface area (Å²) < 4.78 is 5.41. The molecule has 1 N–H and O–H groups in total. The van der Waals surface area contributed by atoms with Crippen molar-refractivity contribution < 1.29 is 14.4 Å². The lowest BCUT2D eigenvalue weighted by molar-refractivity contribution is 0.0697. The second kappa shape index (κ2) is 5.62. The van der Waals surface area contributed by atoms with Crippen LogP contribution in [0.25, 0.3) is 33.6 Å². The molecule has 0 amide bonds. The van der Waals surface area contributed by atoms with Crippen molar-refractivity contribution in [3.8, 4) is 22.8 Å². The van der Waals surface area contributed by atoms with Crippen LogP contribution in [0.4, 0.5) is 0 Å². The molecular formula is C19H12N2O3. The van der Waals surface area contributed by atoms with Crippen molar-refractivity contribution in [1.82, 2.24) is 10.1 Å². The van der Waals surface area contributed by atoms with E-state index in [1.165, 1.54) is 12.1 Å². The lowest BCUT2D eigenvalue weighted by Crippen LogP contribution is -1.96. The van der Waals surface area contributed by atoms with Gasteiger partial charge in [0.2, 0.25) is 5.82 Å². The summed E-state index contributed by atoms with van der Waals surface area (Å²) in [5, 5.41) is 15.2. The third-order valence-electron chi connectivity index (χ3n) is 3.81. The number of carboxylic acids is 1. The van der Waals surface area contributed by atoms with E-state index in [9.17, 15) is 4.79 Å². The zero-order valence-electron chi connectivity index (χ0n) is 12.5. The van der Waals surface area contributed by atoms with E-state index in [1.54, 1.807) is 12.1 Å². The summed E-state index contributed by atoms with van der Waals surface area (Å²) in [5.74, 6) is -0.224. The molecule has 0 fully saturated rings. The number of carboxylic acid groups (broad SMARTS) is 1. The van der Waals surface area contributed by atoms with Gasteiger partial charge in [-0.15, -0.1) is 0 Å². The molecule has 3 aromatic carbocycles. The van der Waals surface area contributed by atoms with Crippen LogP contribution in [-0.2, 0) is 0 Å². The number of hydrogen-bond acceptors (Lipinski definition) is 4. The van der Waals surface area contributed by atoms with Crippen molar-refractivity contribution in [3.05, 3.63) is 72.3 Å². The number of benzene rings is 3. The van der Waals surface area contributed by atoms with Gasteiger partial charge in [-0.05, 0) is 29.0 Å². The first-order valence-corrected chi connectivity index (χ1v) is 7.38. The Bertz CT molecular complexity index is 1050. The van der Waals surface area contributed by atoms with Gasteiger partial charge in [0, 0.05) is 11.1 Å². The molecule has 4 rings (SSSR count). The maximum absolute atomic E-state index is 11.1. The van der Waals surface area contributed by atoms with Crippen molar-refractivity contribution in [1.29, 1.82) is 0 Å². The molecule has 5 heteroatoms. The summed E-state index contributed by atoms with van der Waals surface area (Å²) in [5.41, 5.74) is 1.63. The summed E-state index contributed by atoms with van der Waals surface area (Å²) in [7, 11) is 0. The van der Waals surface area contributed by atoms with E-state index < -0.39 is 5.97 Å². The van der Waals surface area contributed by atoms with E-state index in [0.717, 1.165) is 16.3 Å². The highest BCUT2D eigenvalue weighted by Gasteiger charge is 2.14. The summed E-state index contributed by atoms with van der Waals surface area (Å²) in [6, 6.07) is 20.3. The highest BCUT2D eigenvalue weighted by atomic mass is 16.5. The Morgan fingerprint density at radius 1 is 0.958 bits per heavy atom. The van der Waals surface area contributed by atoms with Crippen molar-refractivity contribution in [2.24, 2.45) is 0 Å². The number of aromatic nitrogens is 2. The zero-order chi connectivity index (χ0) is 16.5. The monoisotopic (exact) mass is 316 g/mol. The first-order chi connectivity index (χ1) is 11.7. The SMILES string of the molecule is O=C(O)c1cccc(-c2noc(-c3cccc4ccccc34)n2)c1. The van der Waals surface area contributed by atoms with E-state index in [4.69, 9.17) is 9.63 Å². The molecule has 0 radical (unpaired) electrons. The Kier molecular flexibility index (Phi) is 3.31. The number of nitrogens with zero attached hydrogens (tertiary/aromatic N) is 2. The molecule has 1 heterocycles. The molecule has 0 unspecified atom stereocenters. The molecule has 24 heavy (non-hydrogen) atoms. The predicted octanol–water partition coefficient (Wildman–Crippen LogP) is 4.26. The van der Waals surface area contributed by atoms with Crippen molar-refractivity contribution >= 4 is 16.7 Å². The average molecular weight is 316 g/mol. The van der Waals surface area contributed by atoms with E-state index in [2.05, 4.69) is 10.1 Å². The number of rotatable bonds is 3. The summed E-state index contributed by atoms with van der Waals surface area (Å²) >= 11 is 0. The molecule has 0 aliphatic heterocycles. The number of aromatic carboxylic acids is 1. The standard InChI is InChI=1S/C19H12N2O3/c22-19(23)14-8-3-7-13(11-14)17-20-18(24-21-17)16-10-4-6-12-5-1-2-9-15(12)16/h1-11H,(H,22,23). The Balaban J connectivity index is 1.80. The van der Waals surface area contributed by atoms with Crippen molar-refractivity contribution in [2.75, 3.05) is 0 Å². The van der Waals surface area contributed by atoms with E-state index in [-0.39, 0.29) is 5.56 Å². The molecule has 0 saturated carbocycles. The van der Waals surface area contributed by atoms with Crippen LogP contribution >= 0.6 is 0 Å². The molecule has 1 aromatic heterocycles. The normalized spacial score (nSPS) is 10.8. The third-order valence-corrected chi connectivity index (χ3v) is 3.81. The van der Waals surface area contributed by atoms with Gasteiger partial charge in [0.25, 0.3) is 5.89 Å². The summed E-state index contributed by atoms with van der Waals surface area (Å²) in [6.45, 7) is 0. The first-order valence-electron chi connectivity index (χ1n) is 7.38. The fourth-order valence-corrected chi connectivity index (χ4v) is 2.65. The van der Waals surface area contributed by atoms with Crippen LogP contribution in [0.2, 0.25) is 0 Å². The smallest absolute Gasteiger partial charge is 0.335 e. The Labute approximate surface area is 137 Å². The van der Waals surface area contributed by atoms with Crippen LogP contribution in [0.1, 0.15) is 10.4 Å². The van der Waals surface area contributed by atoms with Crippen LogP contribution in [0, 0.1) is 0 Å². The fraction of sp³-hybridized carbons (Fsp3) is 0. The molecule has 116 valence electrons. The van der Waals surface area contributed by atoms with Gasteiger partial charge in [-0.1, -0.05) is 53.7 Å². The molecule has 5 nitrogen and oxygen atoms in total. The minimum Gasteiger partial charge on any atom is -0.478 e. The zero-order valence-corrected chi connectivity index (χ0v) is 12.5. The minimum atomic E-state index is -0.991. The molecule has 0 aliphatic carbocycles. The molecule has 0 spiro atoms. The Morgan fingerprint density at radius 2 is 1.75 bits per heavy atom. The van der Waals surface area contributed by atoms with E-state index in [1.807, 2.05) is 42.5 Å². The van der Waals surface area contributed by atoms with Gasteiger partial charge in [0.05, 0.1) is 5.56 Å². The molecule has 4 aromatic rings. The lowest BCUT2D eigenvalue weighted by Gasteiger charge is -2.01. The average Bonchev–Trinajstić information content (AvgIpc) is 3.11. The van der Waals surface area contributed by atoms with Crippen LogP contribution in [0.15, 0.2) is 71.3 Å². The quantitative estimate of drug-likeness (QED) is 0.611. The van der Waals surface area contributed by atoms with Crippen LogP contribution in [0.3, 0.4) is 0 Å². The van der Waals surface area contributed by atoms with Crippen molar-refractivity contribution in [3.63, 3.8) is 0 Å². The topological polar surface area (TPSA) is 76.2 Å². The van der Waals surface area contributed by atoms with Gasteiger partial charge in [-0.3, -0.25) is 0 Å². The highest BCUT2D eigenvalue weighted by Crippen LogP contribution is 2.29. The van der Waals surface area contributed by atoms with Gasteiger partial charge in [-0.25, -0.2) is 4.79 Å². The van der Waals surface area contributed by atoms with Crippen molar-refractivity contribution in [2.45, 2.75) is 0 Å². The summed E-state index contributed by atoms with van der Waals surface area (Å²) in [4.78, 5) is 15.5. The minimum absolute atomic E-state index is 0.184. The lowest BCUT2D eigenvalue weighted by atomic mass is 10.0. The molecular weight excluding hydrogens is 304 g/mol. The second-order valence-electron chi connectivity index (χ2n) is 5.34. The summed E-state index contributed by atoms with van der Waals surface area (Å²) in [6.07, 6.45) is 0. The maximum atomic E-state index is 11.1. The maximum Gasteiger partial charge on any atom is 0.335 e. The molecule has 0 bridgehead atoms. The van der Waals surface area contributed by atoms with Crippen LogP contribution in [-0.4, -0.2) is 21.2 Å². The largest absolute Gasteiger partial charge is 0.478 e. The Morgan fingerprint density at radius 3 is 2.62 bits per heavy atom. The van der Waals surface area contributed by atoms with E-state index in [0.29, 0.717) is 17.3 Å². The van der Waals surface area contributed by atoms with Gasteiger partial charge < -0.3 is 9.63 Å². The van der Waals surface area contributed by atoms with Gasteiger partial charge in [-0.2, -0.15) is 4.98 Å². The first kappa shape index (κ1) is 14.1. The Hall–Kier alpha value is -3.47. The third kappa shape index (κ3) is 2.42. The van der Waals surface area contributed by atoms with Gasteiger partial charge in [0.1, 0.15) is 0 Å². The van der Waals surface area contributed by atoms with E-state index >= 15 is 0 Å². The highest BCUT2D eigenvalue weighted by molar-refractivity contribution is 5.95. The van der Waals surface area contributed by atoms with Crippen LogP contribution < -0.4 is 0 Å². The molecule has 0 saturated heterocycles. The fourth-order valence-electron chi connectivity index (χ4n) is 2.65. The van der Waals surface area contributed by atoms with Gasteiger partial charge >= 0.3 is 5.97 Å². The predicted molar refractivity (Wildman–Crippen MR) is 89.6 cm³/mol. The number of hydrogen-bond donors (Lipinski definition) is 1. The number of fused-ring (bicyclic) bond motifs is 1. The molecule has 0 atom stereocenters. The second-order valence-corrected chi connectivity index (χ2v) is 5.34. The molecule has 0 aliphatic rings. The number of carbonyl (C=O) groups is 1. The van der Waals surface area contributed by atoms with Gasteiger partial charge in [0.15, 0.2) is 0 Å².